The zero-order valence-corrected chi connectivity index (χ0v) is 18.7. The van der Waals surface area contributed by atoms with E-state index in [9.17, 15) is 14.4 Å². The summed E-state index contributed by atoms with van der Waals surface area (Å²) in [6.07, 6.45) is 10.3. The lowest BCUT2D eigenvalue weighted by Gasteiger charge is -2.29. The number of amides is 2. The summed E-state index contributed by atoms with van der Waals surface area (Å²) in [5, 5.41) is 0. The zero-order chi connectivity index (χ0) is 22.5. The fraction of sp³-hybridized carbons (Fsp3) is 0.560. The van der Waals surface area contributed by atoms with Crippen molar-refractivity contribution < 1.29 is 9.59 Å². The lowest BCUT2D eigenvalue weighted by molar-refractivity contribution is -0.134. The van der Waals surface area contributed by atoms with Gasteiger partial charge in [-0.05, 0) is 56.1 Å². The number of hydrogen-bond acceptors (Lipinski definition) is 5. The molecule has 0 spiro atoms. The number of pyridine rings is 1. The topological polar surface area (TPSA) is 99.3 Å². The smallest absolute Gasteiger partial charge is 0.254 e. The molecule has 2 aromatic rings. The predicted molar refractivity (Wildman–Crippen MR) is 120 cm³/mol. The molecule has 1 saturated heterocycles. The van der Waals surface area contributed by atoms with Gasteiger partial charge in [0.1, 0.15) is 5.82 Å². The third-order valence-electron chi connectivity index (χ3n) is 8.10. The molecule has 0 bridgehead atoms. The van der Waals surface area contributed by atoms with Gasteiger partial charge in [0.05, 0.1) is 18.3 Å². The molecule has 33 heavy (non-hydrogen) atoms. The van der Waals surface area contributed by atoms with Crippen LogP contribution in [0.3, 0.4) is 0 Å². The van der Waals surface area contributed by atoms with Gasteiger partial charge in [0, 0.05) is 42.5 Å². The minimum absolute atomic E-state index is 0.0827. The summed E-state index contributed by atoms with van der Waals surface area (Å²) in [5.41, 5.74) is 1.76. The molecule has 8 heteroatoms. The van der Waals surface area contributed by atoms with E-state index in [4.69, 9.17) is 4.98 Å². The molecule has 3 fully saturated rings. The van der Waals surface area contributed by atoms with E-state index in [1.165, 1.54) is 25.7 Å². The second-order valence-corrected chi connectivity index (χ2v) is 9.92. The molecule has 0 unspecified atom stereocenters. The molecule has 0 aromatic carbocycles. The summed E-state index contributed by atoms with van der Waals surface area (Å²) >= 11 is 0. The summed E-state index contributed by atoms with van der Waals surface area (Å²) in [7, 11) is 0. The highest BCUT2D eigenvalue weighted by Crippen LogP contribution is 2.56. The molecule has 3 atom stereocenters. The van der Waals surface area contributed by atoms with Gasteiger partial charge in [-0.15, -0.1) is 0 Å². The molecular formula is C25H29N5O3. The minimum atomic E-state index is -0.176. The van der Waals surface area contributed by atoms with Crippen molar-refractivity contribution in [3.63, 3.8) is 0 Å². The maximum atomic E-state index is 13.4. The Balaban J connectivity index is 1.24. The highest BCUT2D eigenvalue weighted by atomic mass is 16.2. The Morgan fingerprint density at radius 1 is 1.00 bits per heavy atom. The molecule has 6 rings (SSSR count). The van der Waals surface area contributed by atoms with Gasteiger partial charge in [0.15, 0.2) is 0 Å². The fourth-order valence-corrected chi connectivity index (χ4v) is 6.33. The molecule has 2 saturated carbocycles. The number of hydrogen-bond donors (Lipinski definition) is 1. The average Bonchev–Trinajstić information content (AvgIpc) is 3.37. The van der Waals surface area contributed by atoms with Gasteiger partial charge in [-0.1, -0.05) is 12.8 Å². The number of fused-ring (bicyclic) bond motifs is 2. The first-order valence-corrected chi connectivity index (χ1v) is 12.2. The third-order valence-corrected chi connectivity index (χ3v) is 8.10. The molecule has 2 aliphatic heterocycles. The standard InChI is InChI=1S/C25H29N5O3/c31-23-18-9-13-29(24(32)15-7-10-26-11-8-15)14-19(18)27-22(28-23)20-6-3-12-30(20)25(33)21-16-4-1-2-5-17(16)21/h7-8,10-11,16-17,20-21H,1-6,9,12-14H2,(H,27,28,31)/t16-,17-,20-/m0/s1. The van der Waals surface area contributed by atoms with E-state index in [-0.39, 0.29) is 29.3 Å². The van der Waals surface area contributed by atoms with Crippen LogP contribution < -0.4 is 5.56 Å². The molecule has 4 heterocycles. The highest BCUT2D eigenvalue weighted by molar-refractivity contribution is 5.94. The lowest BCUT2D eigenvalue weighted by Crippen LogP contribution is -2.40. The van der Waals surface area contributed by atoms with E-state index in [0.29, 0.717) is 54.0 Å². The van der Waals surface area contributed by atoms with Crippen LogP contribution in [-0.2, 0) is 17.8 Å². The second kappa shape index (κ2) is 8.08. The molecule has 2 aromatic heterocycles. The number of aromatic amines is 1. The van der Waals surface area contributed by atoms with Gasteiger partial charge in [-0.2, -0.15) is 0 Å². The van der Waals surface area contributed by atoms with E-state index in [1.54, 1.807) is 29.4 Å². The van der Waals surface area contributed by atoms with Crippen molar-refractivity contribution in [2.75, 3.05) is 13.1 Å². The maximum Gasteiger partial charge on any atom is 0.254 e. The van der Waals surface area contributed by atoms with Crippen LogP contribution >= 0.6 is 0 Å². The van der Waals surface area contributed by atoms with Crippen LogP contribution in [0.2, 0.25) is 0 Å². The summed E-state index contributed by atoms with van der Waals surface area (Å²) in [6, 6.07) is 3.22. The van der Waals surface area contributed by atoms with Crippen LogP contribution in [0.25, 0.3) is 0 Å². The van der Waals surface area contributed by atoms with Crippen molar-refractivity contribution in [3.05, 3.63) is 57.5 Å². The monoisotopic (exact) mass is 447 g/mol. The van der Waals surface area contributed by atoms with Gasteiger partial charge in [0.2, 0.25) is 5.91 Å². The van der Waals surface area contributed by atoms with Crippen LogP contribution in [0.5, 0.6) is 0 Å². The summed E-state index contributed by atoms with van der Waals surface area (Å²) in [5.74, 6) is 2.05. The zero-order valence-electron chi connectivity index (χ0n) is 18.7. The normalized spacial score (nSPS) is 28.2. The van der Waals surface area contributed by atoms with Crippen molar-refractivity contribution in [3.8, 4) is 0 Å². The van der Waals surface area contributed by atoms with Crippen molar-refractivity contribution in [2.24, 2.45) is 17.8 Å². The summed E-state index contributed by atoms with van der Waals surface area (Å²) < 4.78 is 0. The number of aromatic nitrogens is 3. The average molecular weight is 448 g/mol. The van der Waals surface area contributed by atoms with Crippen LogP contribution in [0.1, 0.15) is 72.0 Å². The Morgan fingerprint density at radius 2 is 1.76 bits per heavy atom. The largest absolute Gasteiger partial charge is 0.332 e. The minimum Gasteiger partial charge on any atom is -0.332 e. The quantitative estimate of drug-likeness (QED) is 0.779. The van der Waals surface area contributed by atoms with E-state index in [0.717, 1.165) is 19.4 Å². The van der Waals surface area contributed by atoms with Crippen LogP contribution in [0, 0.1) is 17.8 Å². The molecule has 172 valence electrons. The fourth-order valence-electron chi connectivity index (χ4n) is 6.33. The molecule has 2 aliphatic carbocycles. The first-order chi connectivity index (χ1) is 16.1. The number of H-pyrrole nitrogens is 1. The van der Waals surface area contributed by atoms with Crippen LogP contribution in [-0.4, -0.2) is 49.7 Å². The number of nitrogens with one attached hydrogen (secondary N) is 1. The summed E-state index contributed by atoms with van der Waals surface area (Å²) in [6.45, 7) is 1.52. The molecular weight excluding hydrogens is 418 g/mol. The number of rotatable bonds is 3. The van der Waals surface area contributed by atoms with Crippen molar-refractivity contribution in [2.45, 2.75) is 57.5 Å². The van der Waals surface area contributed by atoms with E-state index in [1.807, 2.05) is 4.90 Å². The number of likely N-dealkylation sites (tertiary alicyclic amines) is 1. The van der Waals surface area contributed by atoms with Crippen molar-refractivity contribution in [1.29, 1.82) is 0 Å². The van der Waals surface area contributed by atoms with Gasteiger partial charge >= 0.3 is 0 Å². The van der Waals surface area contributed by atoms with Gasteiger partial charge < -0.3 is 14.8 Å². The first kappa shape index (κ1) is 20.6. The van der Waals surface area contributed by atoms with Crippen LogP contribution in [0.4, 0.5) is 0 Å². The second-order valence-electron chi connectivity index (χ2n) is 9.92. The summed E-state index contributed by atoms with van der Waals surface area (Å²) in [4.78, 5) is 54.7. The van der Waals surface area contributed by atoms with Gasteiger partial charge in [-0.3, -0.25) is 19.4 Å². The predicted octanol–water partition coefficient (Wildman–Crippen LogP) is 2.46. The van der Waals surface area contributed by atoms with Crippen molar-refractivity contribution in [1.82, 2.24) is 24.8 Å². The van der Waals surface area contributed by atoms with Gasteiger partial charge in [0.25, 0.3) is 11.5 Å². The number of carbonyl (C=O) groups excluding carboxylic acids is 2. The van der Waals surface area contributed by atoms with Crippen LogP contribution in [0.15, 0.2) is 29.3 Å². The highest BCUT2D eigenvalue weighted by Gasteiger charge is 2.56. The first-order valence-electron chi connectivity index (χ1n) is 12.2. The van der Waals surface area contributed by atoms with E-state index in [2.05, 4.69) is 9.97 Å². The Kier molecular flexibility index (Phi) is 5.03. The molecule has 1 N–H and O–H groups in total. The molecule has 8 nitrogen and oxygen atoms in total. The Morgan fingerprint density at radius 3 is 2.52 bits per heavy atom. The SMILES string of the molecule is O=C(c1ccncc1)N1CCc2c(nc([C@@H]3CCCN3C(=O)C3[C@H]4CCCC[C@H]34)[nH]c2=O)C1. The molecule has 2 amide bonds. The number of nitrogens with zero attached hydrogens (tertiary/aromatic N) is 4. The molecule has 0 radical (unpaired) electrons. The van der Waals surface area contributed by atoms with Crippen molar-refractivity contribution >= 4 is 11.8 Å². The van der Waals surface area contributed by atoms with E-state index < -0.39 is 0 Å². The molecule has 4 aliphatic rings. The number of carbonyl (C=O) groups is 2. The Labute approximate surface area is 192 Å². The maximum absolute atomic E-state index is 13.4. The Bertz CT molecular complexity index is 1130. The van der Waals surface area contributed by atoms with Gasteiger partial charge in [-0.25, -0.2) is 4.98 Å². The lowest BCUT2D eigenvalue weighted by atomic mass is 10.0. The van der Waals surface area contributed by atoms with E-state index >= 15 is 0 Å². The third kappa shape index (κ3) is 3.56. The Hall–Kier alpha value is -3.03.